The minimum absolute atomic E-state index is 0.0311. The number of carbonyl (C=O) groups is 1. The second-order valence-electron chi connectivity index (χ2n) is 4.93. The first-order valence-corrected chi connectivity index (χ1v) is 8.88. The van der Waals surface area contributed by atoms with E-state index < -0.39 is 20.3 Å². The van der Waals surface area contributed by atoms with Crippen LogP contribution in [0.5, 0.6) is 0 Å². The van der Waals surface area contributed by atoms with Crippen LogP contribution >= 0.6 is 23.2 Å². The quantitative estimate of drug-likeness (QED) is 0.730. The van der Waals surface area contributed by atoms with E-state index in [0.717, 1.165) is 5.56 Å². The van der Waals surface area contributed by atoms with E-state index in [2.05, 4.69) is 10.0 Å². The molecule has 1 unspecified atom stereocenters. The van der Waals surface area contributed by atoms with Crippen LogP contribution in [0.15, 0.2) is 30.3 Å². The number of sulfonamides is 1. The third-order valence-corrected chi connectivity index (χ3v) is 5.31. The Kier molecular flexibility index (Phi) is 5.14. The predicted molar refractivity (Wildman–Crippen MR) is 82.6 cm³/mol. The van der Waals surface area contributed by atoms with Gasteiger partial charge in [-0.2, -0.15) is 0 Å². The van der Waals surface area contributed by atoms with E-state index in [-0.39, 0.29) is 24.7 Å². The Hall–Kier alpha value is -0.820. The maximum absolute atomic E-state index is 11.8. The summed E-state index contributed by atoms with van der Waals surface area (Å²) in [5.74, 6) is -0.936. The number of hydrogen-bond donors (Lipinski definition) is 2. The summed E-state index contributed by atoms with van der Waals surface area (Å²) in [4.78, 5) is 11.6. The minimum atomic E-state index is -3.44. The number of rotatable bonds is 7. The van der Waals surface area contributed by atoms with Crippen molar-refractivity contribution in [3.05, 3.63) is 35.9 Å². The number of halogens is 2. The highest BCUT2D eigenvalue weighted by Crippen LogP contribution is 2.53. The molecule has 0 aliphatic heterocycles. The Labute approximate surface area is 134 Å². The molecule has 1 fully saturated rings. The minimum Gasteiger partial charge on any atom is -0.355 e. The molecule has 0 saturated heterocycles. The van der Waals surface area contributed by atoms with Gasteiger partial charge in [-0.15, -0.1) is 23.2 Å². The molecule has 0 aromatic heterocycles. The Morgan fingerprint density at radius 1 is 1.29 bits per heavy atom. The van der Waals surface area contributed by atoms with E-state index in [9.17, 15) is 13.2 Å². The van der Waals surface area contributed by atoms with Gasteiger partial charge < -0.3 is 5.32 Å². The van der Waals surface area contributed by atoms with E-state index in [1.165, 1.54) is 0 Å². The van der Waals surface area contributed by atoms with E-state index >= 15 is 0 Å². The number of alkyl halides is 2. The van der Waals surface area contributed by atoms with Crippen LogP contribution in [0.4, 0.5) is 0 Å². The van der Waals surface area contributed by atoms with Crippen LogP contribution in [0, 0.1) is 5.92 Å². The largest absolute Gasteiger partial charge is 0.355 e. The van der Waals surface area contributed by atoms with Crippen LogP contribution < -0.4 is 10.0 Å². The van der Waals surface area contributed by atoms with E-state index in [4.69, 9.17) is 23.2 Å². The van der Waals surface area contributed by atoms with Gasteiger partial charge >= 0.3 is 0 Å². The van der Waals surface area contributed by atoms with E-state index in [1.807, 2.05) is 30.3 Å². The fraction of sp³-hybridized carbons (Fsp3) is 0.462. The number of hydrogen-bond acceptors (Lipinski definition) is 3. The van der Waals surface area contributed by atoms with Crippen molar-refractivity contribution < 1.29 is 13.2 Å². The molecule has 8 heteroatoms. The molecule has 0 radical (unpaired) electrons. The van der Waals surface area contributed by atoms with Crippen molar-refractivity contribution in [3.8, 4) is 0 Å². The molecule has 0 bridgehead atoms. The van der Waals surface area contributed by atoms with Gasteiger partial charge in [0.25, 0.3) is 0 Å². The molecule has 1 atom stereocenters. The smallest absolute Gasteiger partial charge is 0.226 e. The SMILES string of the molecule is O=C(NCCS(=O)(=O)NCc1ccccc1)C1CC1(Cl)Cl. The standard InChI is InChI=1S/C13H16Cl2N2O3S/c14-13(15)8-11(13)12(18)16-6-7-21(19,20)17-9-10-4-2-1-3-5-10/h1-5,11,17H,6-9H2,(H,16,18). The van der Waals surface area contributed by atoms with Crippen LogP contribution in [0.25, 0.3) is 0 Å². The van der Waals surface area contributed by atoms with Crippen LogP contribution in [-0.2, 0) is 21.4 Å². The molecule has 0 spiro atoms. The molecule has 1 saturated carbocycles. The van der Waals surface area contributed by atoms with Gasteiger partial charge in [-0.3, -0.25) is 4.79 Å². The second-order valence-corrected chi connectivity index (χ2v) is 8.40. The summed E-state index contributed by atoms with van der Waals surface area (Å²) < 4.78 is 25.1. The molecule has 2 N–H and O–H groups in total. The summed E-state index contributed by atoms with van der Waals surface area (Å²) in [7, 11) is -3.44. The van der Waals surface area contributed by atoms with Crippen molar-refractivity contribution in [2.75, 3.05) is 12.3 Å². The van der Waals surface area contributed by atoms with Gasteiger partial charge in [0.2, 0.25) is 15.9 Å². The molecule has 1 aromatic carbocycles. The van der Waals surface area contributed by atoms with Crippen molar-refractivity contribution in [3.63, 3.8) is 0 Å². The van der Waals surface area contributed by atoms with Gasteiger partial charge in [0, 0.05) is 13.1 Å². The average molecular weight is 351 g/mol. The Bertz CT molecular complexity index is 605. The molecule has 1 amide bonds. The van der Waals surface area contributed by atoms with Crippen LogP contribution in [-0.4, -0.2) is 31.0 Å². The summed E-state index contributed by atoms with van der Waals surface area (Å²) in [6.45, 7) is 0.259. The predicted octanol–water partition coefficient (Wildman–Crippen LogP) is 1.42. The molecule has 0 heterocycles. The fourth-order valence-corrected chi connectivity index (χ4v) is 3.20. The third kappa shape index (κ3) is 5.14. The summed E-state index contributed by atoms with van der Waals surface area (Å²) in [6, 6.07) is 9.20. The zero-order valence-electron chi connectivity index (χ0n) is 11.2. The van der Waals surface area contributed by atoms with Gasteiger partial charge in [-0.05, 0) is 12.0 Å². The summed E-state index contributed by atoms with van der Waals surface area (Å²) >= 11 is 11.5. The van der Waals surface area contributed by atoms with Crippen molar-refractivity contribution in [2.45, 2.75) is 17.3 Å². The van der Waals surface area contributed by atoms with Gasteiger partial charge in [0.05, 0.1) is 11.7 Å². The Morgan fingerprint density at radius 2 is 1.90 bits per heavy atom. The van der Waals surface area contributed by atoms with Crippen molar-refractivity contribution in [1.29, 1.82) is 0 Å². The Balaban J connectivity index is 1.71. The molecule has 5 nitrogen and oxygen atoms in total. The molecular weight excluding hydrogens is 335 g/mol. The van der Waals surface area contributed by atoms with Crippen molar-refractivity contribution in [2.24, 2.45) is 5.92 Å². The summed E-state index contributed by atoms with van der Waals surface area (Å²) in [5, 5.41) is 2.53. The topological polar surface area (TPSA) is 75.3 Å². The van der Waals surface area contributed by atoms with Gasteiger partial charge in [0.1, 0.15) is 4.33 Å². The highest BCUT2D eigenvalue weighted by atomic mass is 35.5. The maximum atomic E-state index is 11.8. The third-order valence-electron chi connectivity index (χ3n) is 3.15. The fourth-order valence-electron chi connectivity index (χ4n) is 1.79. The van der Waals surface area contributed by atoms with Gasteiger partial charge in [-0.25, -0.2) is 13.1 Å². The lowest BCUT2D eigenvalue weighted by molar-refractivity contribution is -0.122. The van der Waals surface area contributed by atoms with Crippen molar-refractivity contribution >= 4 is 39.1 Å². The maximum Gasteiger partial charge on any atom is 0.226 e. The lowest BCUT2D eigenvalue weighted by Gasteiger charge is -2.08. The van der Waals surface area contributed by atoms with Crippen LogP contribution in [0.3, 0.4) is 0 Å². The van der Waals surface area contributed by atoms with Crippen LogP contribution in [0.2, 0.25) is 0 Å². The van der Waals surface area contributed by atoms with E-state index in [0.29, 0.717) is 6.42 Å². The lowest BCUT2D eigenvalue weighted by atomic mass is 10.2. The number of nitrogens with one attached hydrogen (secondary N) is 2. The first kappa shape index (κ1) is 16.5. The van der Waals surface area contributed by atoms with Gasteiger partial charge in [0.15, 0.2) is 0 Å². The summed E-state index contributed by atoms with van der Waals surface area (Å²) in [5.41, 5.74) is 0.872. The number of carbonyl (C=O) groups excluding carboxylic acids is 1. The molecular formula is C13H16Cl2N2O3S. The molecule has 21 heavy (non-hydrogen) atoms. The summed E-state index contributed by atoms with van der Waals surface area (Å²) in [6.07, 6.45) is 0.404. The molecule has 2 rings (SSSR count). The molecule has 1 aliphatic rings. The molecule has 116 valence electrons. The number of benzene rings is 1. The normalized spacial score (nSPS) is 20.0. The van der Waals surface area contributed by atoms with E-state index in [1.54, 1.807) is 0 Å². The first-order valence-electron chi connectivity index (χ1n) is 6.47. The first-order chi connectivity index (χ1) is 9.80. The highest BCUT2D eigenvalue weighted by Gasteiger charge is 2.56. The second kappa shape index (κ2) is 6.52. The van der Waals surface area contributed by atoms with Crippen molar-refractivity contribution in [1.82, 2.24) is 10.0 Å². The van der Waals surface area contributed by atoms with Gasteiger partial charge in [-0.1, -0.05) is 30.3 Å². The average Bonchev–Trinajstić information content (AvgIpc) is 3.07. The molecule has 1 aromatic rings. The Morgan fingerprint density at radius 3 is 2.48 bits per heavy atom. The highest BCUT2D eigenvalue weighted by molar-refractivity contribution is 7.89. The zero-order valence-corrected chi connectivity index (χ0v) is 13.5. The lowest BCUT2D eigenvalue weighted by Crippen LogP contribution is -2.35. The zero-order chi connectivity index (χ0) is 15.5. The monoisotopic (exact) mass is 350 g/mol. The molecule has 1 aliphatic carbocycles. The van der Waals surface area contributed by atoms with Crippen LogP contribution in [0.1, 0.15) is 12.0 Å². The number of amides is 1.